The molecular weight excluding hydrogens is 785 g/mol. The number of fused-ring (bicyclic) bond motifs is 6. The van der Waals surface area contributed by atoms with Gasteiger partial charge >= 0.3 is 0 Å². The van der Waals surface area contributed by atoms with Crippen molar-refractivity contribution in [1.29, 1.82) is 0 Å². The van der Waals surface area contributed by atoms with Crippen LogP contribution in [0.2, 0.25) is 0 Å². The summed E-state index contributed by atoms with van der Waals surface area (Å²) < 4.78 is 2.46. The largest absolute Gasteiger partial charge is 0.310 e. The molecule has 0 spiro atoms. The van der Waals surface area contributed by atoms with Crippen LogP contribution in [0.25, 0.3) is 83.1 Å². The van der Waals surface area contributed by atoms with Gasteiger partial charge in [0.05, 0.1) is 16.7 Å². The molecule has 12 rings (SSSR count). The second-order valence-corrected chi connectivity index (χ2v) is 17.7. The summed E-state index contributed by atoms with van der Waals surface area (Å²) in [5.41, 5.74) is 21.8. The smallest absolute Gasteiger partial charge is 0.0547 e. The molecule has 11 aromatic rings. The summed E-state index contributed by atoms with van der Waals surface area (Å²) in [6.07, 6.45) is 0. The quantitative estimate of drug-likeness (QED) is 0.148. The van der Waals surface area contributed by atoms with Crippen molar-refractivity contribution in [3.05, 3.63) is 254 Å². The van der Waals surface area contributed by atoms with Gasteiger partial charge in [-0.15, -0.1) is 0 Å². The summed E-state index contributed by atoms with van der Waals surface area (Å²) in [5.74, 6) is 0. The molecule has 0 aliphatic heterocycles. The first-order valence-electron chi connectivity index (χ1n) is 22.6. The number of hydrogen-bond donors (Lipinski definition) is 0. The molecule has 0 atom stereocenters. The highest BCUT2D eigenvalue weighted by molar-refractivity contribution is 6.10. The van der Waals surface area contributed by atoms with Crippen LogP contribution in [0.1, 0.15) is 25.0 Å². The molecule has 2 heteroatoms. The van der Waals surface area contributed by atoms with Crippen LogP contribution >= 0.6 is 0 Å². The minimum Gasteiger partial charge on any atom is -0.310 e. The average molecular weight is 831 g/mol. The first kappa shape index (κ1) is 38.5. The fourth-order valence-electron chi connectivity index (χ4n) is 10.3. The lowest BCUT2D eigenvalue weighted by atomic mass is 9.81. The maximum absolute atomic E-state index is 2.46. The summed E-state index contributed by atoms with van der Waals surface area (Å²) in [7, 11) is 0. The molecule has 0 saturated carbocycles. The van der Waals surface area contributed by atoms with Gasteiger partial charge in [-0.3, -0.25) is 0 Å². The normalized spacial score (nSPS) is 12.6. The summed E-state index contributed by atoms with van der Waals surface area (Å²) in [5, 5.41) is 2.49. The molecule has 10 aromatic carbocycles. The van der Waals surface area contributed by atoms with Crippen molar-refractivity contribution in [2.75, 3.05) is 4.90 Å². The SMILES string of the molecule is CC1(C)c2cc(-c3ccccc3)ccc2-c2ccc(N(c3ccccc3)c3ccc(-c4ccccc4-n4c5ccccc5c5ccc(-c6ccc(-c7ccccc7)cc6)cc54)cc3)cc21. The Bertz CT molecular complexity index is 3530. The third kappa shape index (κ3) is 6.57. The van der Waals surface area contributed by atoms with Crippen LogP contribution < -0.4 is 4.90 Å². The predicted molar refractivity (Wildman–Crippen MR) is 275 cm³/mol. The Balaban J connectivity index is 0.926. The maximum atomic E-state index is 2.46. The summed E-state index contributed by atoms with van der Waals surface area (Å²) in [6.45, 7) is 4.74. The molecule has 0 fully saturated rings. The zero-order valence-electron chi connectivity index (χ0n) is 36.5. The van der Waals surface area contributed by atoms with Gasteiger partial charge in [-0.2, -0.15) is 0 Å². The molecule has 1 aromatic heterocycles. The highest BCUT2D eigenvalue weighted by Gasteiger charge is 2.36. The average Bonchev–Trinajstić information content (AvgIpc) is 3.82. The highest BCUT2D eigenvalue weighted by atomic mass is 15.1. The Kier molecular flexibility index (Phi) is 9.21. The summed E-state index contributed by atoms with van der Waals surface area (Å²) in [4.78, 5) is 2.39. The van der Waals surface area contributed by atoms with Gasteiger partial charge in [0, 0.05) is 38.8 Å². The lowest BCUT2D eigenvalue weighted by Crippen LogP contribution is -2.16. The molecule has 0 radical (unpaired) electrons. The standard InChI is InChI=1S/C63H46N2/c1-63(2)58-40-48(44-18-8-4-9-19-44)32-37-54(58)55-39-36-52(42-59(55)63)64(50-20-10-5-11-21-50)51-34-30-47(31-35-51)53-22-12-14-24-60(53)65-61-25-15-13-23-56(61)57-38-33-49(41-62(57)65)46-28-26-45(27-29-46)43-16-6-3-7-17-43/h3-42H,1-2H3. The fourth-order valence-corrected chi connectivity index (χ4v) is 10.3. The number of hydrogen-bond acceptors (Lipinski definition) is 1. The Morgan fingerprint density at radius 3 is 1.49 bits per heavy atom. The number of benzene rings is 10. The first-order valence-corrected chi connectivity index (χ1v) is 22.6. The molecule has 0 bridgehead atoms. The van der Waals surface area contributed by atoms with E-state index in [-0.39, 0.29) is 5.41 Å². The van der Waals surface area contributed by atoms with Gasteiger partial charge in [-0.25, -0.2) is 0 Å². The van der Waals surface area contributed by atoms with Crippen LogP contribution in [0, 0.1) is 0 Å². The predicted octanol–water partition coefficient (Wildman–Crippen LogP) is 17.2. The molecule has 65 heavy (non-hydrogen) atoms. The van der Waals surface area contributed by atoms with E-state index in [2.05, 4.69) is 266 Å². The van der Waals surface area contributed by atoms with Crippen molar-refractivity contribution in [2.24, 2.45) is 0 Å². The Morgan fingerprint density at radius 1 is 0.308 bits per heavy atom. The first-order chi connectivity index (χ1) is 32.0. The van der Waals surface area contributed by atoms with Crippen LogP contribution in [-0.4, -0.2) is 4.57 Å². The van der Waals surface area contributed by atoms with Crippen LogP contribution in [0.5, 0.6) is 0 Å². The van der Waals surface area contributed by atoms with E-state index < -0.39 is 0 Å². The van der Waals surface area contributed by atoms with Crippen molar-refractivity contribution in [1.82, 2.24) is 4.57 Å². The van der Waals surface area contributed by atoms with Gasteiger partial charge in [0.1, 0.15) is 0 Å². The van der Waals surface area contributed by atoms with Crippen LogP contribution in [0.3, 0.4) is 0 Å². The Labute approximate surface area is 381 Å². The molecule has 0 unspecified atom stereocenters. The second-order valence-electron chi connectivity index (χ2n) is 17.7. The van der Waals surface area contributed by atoms with Gasteiger partial charge in [0.2, 0.25) is 0 Å². The van der Waals surface area contributed by atoms with E-state index in [1.165, 1.54) is 83.0 Å². The van der Waals surface area contributed by atoms with Gasteiger partial charge in [-0.1, -0.05) is 196 Å². The van der Waals surface area contributed by atoms with Crippen molar-refractivity contribution < 1.29 is 0 Å². The Morgan fingerprint density at radius 2 is 0.769 bits per heavy atom. The number of para-hydroxylation sites is 3. The van der Waals surface area contributed by atoms with E-state index in [4.69, 9.17) is 0 Å². The zero-order chi connectivity index (χ0) is 43.5. The third-order valence-corrected chi connectivity index (χ3v) is 13.6. The molecule has 308 valence electrons. The maximum Gasteiger partial charge on any atom is 0.0547 e. The topological polar surface area (TPSA) is 8.17 Å². The van der Waals surface area contributed by atoms with Crippen molar-refractivity contribution in [3.8, 4) is 61.3 Å². The molecule has 1 aliphatic carbocycles. The second kappa shape index (κ2) is 15.6. The van der Waals surface area contributed by atoms with Gasteiger partial charge in [0.25, 0.3) is 0 Å². The number of aromatic nitrogens is 1. The van der Waals surface area contributed by atoms with Crippen LogP contribution in [-0.2, 0) is 5.41 Å². The molecule has 1 aliphatic rings. The summed E-state index contributed by atoms with van der Waals surface area (Å²) in [6, 6.07) is 88.7. The molecule has 0 N–H and O–H groups in total. The van der Waals surface area contributed by atoms with E-state index in [1.807, 2.05) is 0 Å². The minimum atomic E-state index is -0.165. The lowest BCUT2D eigenvalue weighted by molar-refractivity contribution is 0.660. The van der Waals surface area contributed by atoms with Gasteiger partial charge in [0.15, 0.2) is 0 Å². The van der Waals surface area contributed by atoms with Crippen LogP contribution in [0.4, 0.5) is 17.1 Å². The molecule has 2 nitrogen and oxygen atoms in total. The van der Waals surface area contributed by atoms with E-state index in [0.717, 1.165) is 28.3 Å². The number of anilines is 3. The molecule has 0 saturated heterocycles. The number of nitrogens with zero attached hydrogens (tertiary/aromatic N) is 2. The van der Waals surface area contributed by atoms with Gasteiger partial charge in [-0.05, 0) is 122 Å². The van der Waals surface area contributed by atoms with Crippen molar-refractivity contribution >= 4 is 38.9 Å². The Hall–Kier alpha value is -8.20. The van der Waals surface area contributed by atoms with Crippen molar-refractivity contribution in [2.45, 2.75) is 19.3 Å². The van der Waals surface area contributed by atoms with E-state index in [1.54, 1.807) is 0 Å². The fraction of sp³-hybridized carbons (Fsp3) is 0.0476. The van der Waals surface area contributed by atoms with Crippen LogP contribution in [0.15, 0.2) is 243 Å². The minimum absolute atomic E-state index is 0.165. The third-order valence-electron chi connectivity index (χ3n) is 13.6. The monoisotopic (exact) mass is 830 g/mol. The van der Waals surface area contributed by atoms with Gasteiger partial charge < -0.3 is 9.47 Å². The molecule has 1 heterocycles. The van der Waals surface area contributed by atoms with E-state index in [9.17, 15) is 0 Å². The van der Waals surface area contributed by atoms with E-state index >= 15 is 0 Å². The molecule has 0 amide bonds. The zero-order valence-corrected chi connectivity index (χ0v) is 36.5. The lowest BCUT2D eigenvalue weighted by Gasteiger charge is -2.28. The summed E-state index contributed by atoms with van der Waals surface area (Å²) >= 11 is 0. The van der Waals surface area contributed by atoms with E-state index in [0.29, 0.717) is 0 Å². The highest BCUT2D eigenvalue weighted by Crippen LogP contribution is 2.52. The number of rotatable bonds is 8. The van der Waals surface area contributed by atoms with Crippen molar-refractivity contribution in [3.63, 3.8) is 0 Å². The molecular formula is C63H46N2.